The minimum Gasteiger partial charge on any atom is -0.376 e. The highest BCUT2D eigenvalue weighted by Crippen LogP contribution is 2.41. The van der Waals surface area contributed by atoms with E-state index in [0.29, 0.717) is 18.2 Å². The van der Waals surface area contributed by atoms with Gasteiger partial charge in [0, 0.05) is 32.0 Å². The summed E-state index contributed by atoms with van der Waals surface area (Å²) in [6.07, 6.45) is 11.4. The van der Waals surface area contributed by atoms with Gasteiger partial charge >= 0.3 is 0 Å². The van der Waals surface area contributed by atoms with Crippen LogP contribution >= 0.6 is 0 Å². The fourth-order valence-electron chi connectivity index (χ4n) is 5.77. The van der Waals surface area contributed by atoms with E-state index in [1.807, 2.05) is 0 Å². The second-order valence-corrected chi connectivity index (χ2v) is 9.72. The largest absolute Gasteiger partial charge is 0.376 e. The van der Waals surface area contributed by atoms with Crippen molar-refractivity contribution in [1.29, 1.82) is 0 Å². The minimum absolute atomic E-state index is 0.251. The summed E-state index contributed by atoms with van der Waals surface area (Å²) in [7, 11) is 0. The van der Waals surface area contributed by atoms with Crippen LogP contribution in [0.1, 0.15) is 81.8 Å². The van der Waals surface area contributed by atoms with E-state index in [4.69, 9.17) is 9.26 Å². The molecule has 4 aliphatic rings. The van der Waals surface area contributed by atoms with E-state index in [0.717, 1.165) is 83.1 Å². The van der Waals surface area contributed by atoms with Crippen molar-refractivity contribution >= 4 is 5.91 Å². The summed E-state index contributed by atoms with van der Waals surface area (Å²) >= 11 is 0. The molecule has 160 valence electrons. The first-order chi connectivity index (χ1) is 14.2. The molecule has 1 spiro atoms. The highest BCUT2D eigenvalue weighted by molar-refractivity contribution is 5.77. The lowest BCUT2D eigenvalue weighted by atomic mass is 9.72. The zero-order chi connectivity index (χ0) is 19.7. The lowest BCUT2D eigenvalue weighted by Crippen LogP contribution is -2.52. The van der Waals surface area contributed by atoms with Gasteiger partial charge in [-0.1, -0.05) is 18.0 Å². The Labute approximate surface area is 173 Å². The second-order valence-electron chi connectivity index (χ2n) is 9.72. The van der Waals surface area contributed by atoms with Gasteiger partial charge in [0.2, 0.25) is 11.8 Å². The predicted molar refractivity (Wildman–Crippen MR) is 107 cm³/mol. The Balaban J connectivity index is 1.14. The Morgan fingerprint density at radius 3 is 2.66 bits per heavy atom. The number of nitrogens with zero attached hydrogens (tertiary/aromatic N) is 4. The molecule has 4 heterocycles. The van der Waals surface area contributed by atoms with Crippen LogP contribution in [0.25, 0.3) is 0 Å². The van der Waals surface area contributed by atoms with E-state index in [-0.39, 0.29) is 11.5 Å². The summed E-state index contributed by atoms with van der Waals surface area (Å²) in [5.41, 5.74) is 0.287. The molecule has 1 saturated carbocycles. The number of ether oxygens (including phenoxy) is 1. The molecular formula is C22H34N4O3. The van der Waals surface area contributed by atoms with Crippen LogP contribution in [0, 0.1) is 5.41 Å². The molecule has 0 unspecified atom stereocenters. The Morgan fingerprint density at radius 2 is 1.90 bits per heavy atom. The number of piperidine rings is 2. The number of likely N-dealkylation sites (tertiary alicyclic amines) is 2. The van der Waals surface area contributed by atoms with Gasteiger partial charge in [-0.25, -0.2) is 0 Å². The average molecular weight is 403 g/mol. The molecule has 0 bridgehead atoms. The molecule has 1 amide bonds. The quantitative estimate of drug-likeness (QED) is 0.754. The molecule has 3 saturated heterocycles. The number of carbonyl (C=O) groups is 1. The van der Waals surface area contributed by atoms with Gasteiger partial charge in [0.25, 0.3) is 0 Å². The molecule has 1 aromatic heterocycles. The van der Waals surface area contributed by atoms with Crippen LogP contribution in [0.2, 0.25) is 0 Å². The molecule has 0 radical (unpaired) electrons. The average Bonchev–Trinajstić information content (AvgIpc) is 3.49. The summed E-state index contributed by atoms with van der Waals surface area (Å²) in [5.74, 6) is 2.48. The van der Waals surface area contributed by atoms with Crippen molar-refractivity contribution in [1.82, 2.24) is 19.9 Å². The maximum Gasteiger partial charge on any atom is 0.229 e. The van der Waals surface area contributed by atoms with Gasteiger partial charge in [0.15, 0.2) is 5.82 Å². The number of aromatic nitrogens is 2. The Morgan fingerprint density at radius 1 is 1.07 bits per heavy atom. The first-order valence-corrected chi connectivity index (χ1v) is 11.6. The molecule has 7 heteroatoms. The molecule has 29 heavy (non-hydrogen) atoms. The third-order valence-corrected chi connectivity index (χ3v) is 7.67. The van der Waals surface area contributed by atoms with Gasteiger partial charge < -0.3 is 14.2 Å². The summed E-state index contributed by atoms with van der Waals surface area (Å²) in [5, 5.41) is 4.24. The van der Waals surface area contributed by atoms with E-state index in [1.54, 1.807) is 0 Å². The fraction of sp³-hybridized carbons (Fsp3) is 0.864. The standard InChI is InChI=1S/C22H34N4O3/c27-20-7-8-22(16-26(20)14-18-6-3-13-28-18)9-11-25(12-10-22)15-19-23-21(29-24-19)17-4-1-2-5-17/h17-18H,1-16H2/t18-/m0/s1. The normalized spacial score (nSPS) is 28.6. The third-order valence-electron chi connectivity index (χ3n) is 7.67. The highest BCUT2D eigenvalue weighted by Gasteiger charge is 2.41. The highest BCUT2D eigenvalue weighted by atomic mass is 16.5. The van der Waals surface area contributed by atoms with Crippen LogP contribution < -0.4 is 0 Å². The zero-order valence-electron chi connectivity index (χ0n) is 17.5. The van der Waals surface area contributed by atoms with Gasteiger partial charge in [-0.05, 0) is 63.5 Å². The second kappa shape index (κ2) is 8.34. The lowest BCUT2D eigenvalue weighted by molar-refractivity contribution is -0.141. The topological polar surface area (TPSA) is 71.7 Å². The molecule has 1 aromatic rings. The Hall–Kier alpha value is -1.47. The maximum absolute atomic E-state index is 12.5. The molecule has 0 aromatic carbocycles. The first-order valence-electron chi connectivity index (χ1n) is 11.6. The summed E-state index contributed by atoms with van der Waals surface area (Å²) in [6.45, 7) is 5.44. The van der Waals surface area contributed by atoms with Crippen molar-refractivity contribution in [3.05, 3.63) is 11.7 Å². The molecule has 5 rings (SSSR count). The first kappa shape index (κ1) is 19.5. The van der Waals surface area contributed by atoms with E-state index in [1.165, 1.54) is 25.7 Å². The van der Waals surface area contributed by atoms with E-state index < -0.39 is 0 Å². The summed E-state index contributed by atoms with van der Waals surface area (Å²) in [4.78, 5) is 21.7. The van der Waals surface area contributed by atoms with Crippen molar-refractivity contribution in [2.75, 3.05) is 32.8 Å². The number of hydrogen-bond donors (Lipinski definition) is 0. The van der Waals surface area contributed by atoms with Gasteiger partial charge in [-0.15, -0.1) is 0 Å². The number of carbonyl (C=O) groups excluding carboxylic acids is 1. The Bertz CT molecular complexity index is 701. The van der Waals surface area contributed by atoms with Gasteiger partial charge in [0.05, 0.1) is 12.6 Å². The van der Waals surface area contributed by atoms with Crippen molar-refractivity contribution in [3.63, 3.8) is 0 Å². The molecule has 0 N–H and O–H groups in total. The molecular weight excluding hydrogens is 368 g/mol. The smallest absolute Gasteiger partial charge is 0.229 e. The van der Waals surface area contributed by atoms with Crippen molar-refractivity contribution < 1.29 is 14.1 Å². The number of amides is 1. The maximum atomic E-state index is 12.5. The lowest BCUT2D eigenvalue weighted by Gasteiger charge is -2.47. The molecule has 3 aliphatic heterocycles. The SMILES string of the molecule is O=C1CCC2(CCN(Cc3noc(C4CCCC4)n3)CC2)CN1C[C@@H]1CCCO1. The van der Waals surface area contributed by atoms with Crippen molar-refractivity contribution in [2.45, 2.75) is 82.8 Å². The van der Waals surface area contributed by atoms with E-state index >= 15 is 0 Å². The van der Waals surface area contributed by atoms with Crippen LogP contribution in [-0.4, -0.2) is 64.7 Å². The van der Waals surface area contributed by atoms with Crippen LogP contribution in [0.4, 0.5) is 0 Å². The Kier molecular flexibility index (Phi) is 5.61. The van der Waals surface area contributed by atoms with Crippen LogP contribution in [0.5, 0.6) is 0 Å². The van der Waals surface area contributed by atoms with Gasteiger partial charge in [-0.3, -0.25) is 9.69 Å². The van der Waals surface area contributed by atoms with Crippen molar-refractivity contribution in [3.8, 4) is 0 Å². The van der Waals surface area contributed by atoms with Crippen LogP contribution in [0.3, 0.4) is 0 Å². The monoisotopic (exact) mass is 402 g/mol. The van der Waals surface area contributed by atoms with E-state index in [2.05, 4.69) is 19.9 Å². The number of rotatable bonds is 5. The number of hydrogen-bond acceptors (Lipinski definition) is 6. The molecule has 1 aliphatic carbocycles. The van der Waals surface area contributed by atoms with Crippen LogP contribution in [0.15, 0.2) is 4.52 Å². The zero-order valence-corrected chi connectivity index (χ0v) is 17.5. The summed E-state index contributed by atoms with van der Waals surface area (Å²) < 4.78 is 11.3. The third kappa shape index (κ3) is 4.36. The van der Waals surface area contributed by atoms with Gasteiger partial charge in [-0.2, -0.15) is 4.98 Å². The minimum atomic E-state index is 0.251. The van der Waals surface area contributed by atoms with E-state index in [9.17, 15) is 4.79 Å². The fourth-order valence-corrected chi connectivity index (χ4v) is 5.77. The molecule has 4 fully saturated rings. The van der Waals surface area contributed by atoms with Gasteiger partial charge in [0.1, 0.15) is 0 Å². The van der Waals surface area contributed by atoms with Crippen molar-refractivity contribution in [2.24, 2.45) is 5.41 Å². The molecule has 1 atom stereocenters. The predicted octanol–water partition coefficient (Wildman–Crippen LogP) is 3.11. The van der Waals surface area contributed by atoms with Crippen LogP contribution in [-0.2, 0) is 16.1 Å². The summed E-state index contributed by atoms with van der Waals surface area (Å²) in [6, 6.07) is 0. The molecule has 7 nitrogen and oxygen atoms in total.